The van der Waals surface area contributed by atoms with E-state index in [0.717, 1.165) is 13.2 Å². The molecule has 0 heterocycles. The van der Waals surface area contributed by atoms with Gasteiger partial charge >= 0.3 is 0 Å². The van der Waals surface area contributed by atoms with E-state index in [0.29, 0.717) is 0 Å². The second-order valence-electron chi connectivity index (χ2n) is 1.10. The Balaban J connectivity index is -0.0000000800. The third-order valence-corrected chi connectivity index (χ3v) is 0.408. The number of aliphatic hydroxyl groups is 1. The van der Waals surface area contributed by atoms with Crippen molar-refractivity contribution in [3.8, 4) is 0 Å². The normalized spacial score (nSPS) is 6.67. The van der Waals surface area contributed by atoms with E-state index in [1.165, 1.54) is 0 Å². The molecule has 60 valence electrons. The van der Waals surface area contributed by atoms with Gasteiger partial charge in [-0.25, -0.2) is 0 Å². The first-order valence-corrected chi connectivity index (χ1v) is 3.01. The maximum Gasteiger partial charge on any atom is 0.0437 e. The minimum absolute atomic E-state index is 0. The summed E-state index contributed by atoms with van der Waals surface area (Å²) in [5.41, 5.74) is 0. The number of hydrogen-bond acceptors (Lipinski definition) is 2. The van der Waals surface area contributed by atoms with Crippen LogP contribution in [0.3, 0.4) is 0 Å². The van der Waals surface area contributed by atoms with Crippen molar-refractivity contribution in [2.75, 3.05) is 19.8 Å². The van der Waals surface area contributed by atoms with Crippen LogP contribution in [0.1, 0.15) is 20.8 Å². The zero-order valence-corrected chi connectivity index (χ0v) is 6.48. The molecule has 0 aromatic rings. The summed E-state index contributed by atoms with van der Waals surface area (Å²) >= 11 is 0. The molecule has 3 nitrogen and oxygen atoms in total. The van der Waals surface area contributed by atoms with Crippen molar-refractivity contribution in [3.05, 3.63) is 0 Å². The summed E-state index contributed by atoms with van der Waals surface area (Å²) in [6.45, 7) is 7.60. The molecule has 0 rings (SSSR count). The predicted octanol–water partition coefficient (Wildman–Crippen LogP) is 0.217. The van der Waals surface area contributed by atoms with Crippen molar-refractivity contribution in [1.82, 2.24) is 0 Å². The molecule has 0 saturated carbocycles. The summed E-state index contributed by atoms with van der Waals surface area (Å²) in [6, 6.07) is 0. The SMILES string of the molecule is CCO.CCOCC.O. The van der Waals surface area contributed by atoms with Crippen LogP contribution in [0.25, 0.3) is 0 Å². The van der Waals surface area contributed by atoms with Gasteiger partial charge in [0.05, 0.1) is 0 Å². The molecule has 9 heavy (non-hydrogen) atoms. The molecule has 0 bridgehead atoms. The molecule has 0 radical (unpaired) electrons. The Morgan fingerprint density at radius 3 is 1.33 bits per heavy atom. The van der Waals surface area contributed by atoms with Gasteiger partial charge in [0.1, 0.15) is 0 Å². The van der Waals surface area contributed by atoms with Gasteiger partial charge in [-0.1, -0.05) is 0 Å². The van der Waals surface area contributed by atoms with Crippen LogP contribution >= 0.6 is 0 Å². The fourth-order valence-electron chi connectivity index (χ4n) is 0.204. The lowest BCUT2D eigenvalue weighted by molar-refractivity contribution is 0.162. The Hall–Kier alpha value is -0.120. The first kappa shape index (κ1) is 15.9. The largest absolute Gasteiger partial charge is 0.412 e. The van der Waals surface area contributed by atoms with E-state index < -0.39 is 0 Å². The van der Waals surface area contributed by atoms with E-state index in [-0.39, 0.29) is 12.1 Å². The third kappa shape index (κ3) is 77.1. The first-order chi connectivity index (χ1) is 3.83. The van der Waals surface area contributed by atoms with Crippen molar-refractivity contribution in [3.63, 3.8) is 0 Å². The maximum atomic E-state index is 7.57. The molecule has 0 aliphatic rings. The molecular formula is C6H18O3. The minimum atomic E-state index is 0. The lowest BCUT2D eigenvalue weighted by Crippen LogP contribution is -1.84. The molecule has 0 aliphatic heterocycles. The zero-order chi connectivity index (χ0) is 6.83. The van der Waals surface area contributed by atoms with Gasteiger partial charge < -0.3 is 15.3 Å². The van der Waals surface area contributed by atoms with E-state index in [1.807, 2.05) is 13.8 Å². The van der Waals surface area contributed by atoms with Crippen molar-refractivity contribution >= 4 is 0 Å². The Morgan fingerprint density at radius 2 is 1.33 bits per heavy atom. The van der Waals surface area contributed by atoms with Crippen LogP contribution < -0.4 is 0 Å². The summed E-state index contributed by atoms with van der Waals surface area (Å²) < 4.78 is 4.83. The van der Waals surface area contributed by atoms with E-state index in [9.17, 15) is 0 Å². The van der Waals surface area contributed by atoms with Gasteiger partial charge in [0.15, 0.2) is 0 Å². The topological polar surface area (TPSA) is 61.0 Å². The van der Waals surface area contributed by atoms with Gasteiger partial charge in [0.25, 0.3) is 0 Å². The lowest BCUT2D eigenvalue weighted by Gasteiger charge is -1.86. The van der Waals surface area contributed by atoms with Crippen molar-refractivity contribution < 1.29 is 15.3 Å². The van der Waals surface area contributed by atoms with Crippen LogP contribution in [0.5, 0.6) is 0 Å². The van der Waals surface area contributed by atoms with Crippen LogP contribution in [-0.4, -0.2) is 30.4 Å². The quantitative estimate of drug-likeness (QED) is 0.593. The van der Waals surface area contributed by atoms with E-state index >= 15 is 0 Å². The molecule has 0 unspecified atom stereocenters. The number of aliphatic hydroxyl groups excluding tert-OH is 1. The lowest BCUT2D eigenvalue weighted by atomic mass is 10.8. The highest BCUT2D eigenvalue weighted by molar-refractivity contribution is 4.07. The van der Waals surface area contributed by atoms with Gasteiger partial charge in [-0.15, -0.1) is 0 Å². The molecule has 0 aromatic heterocycles. The molecule has 3 N–H and O–H groups in total. The van der Waals surface area contributed by atoms with Crippen molar-refractivity contribution in [2.45, 2.75) is 20.8 Å². The third-order valence-electron chi connectivity index (χ3n) is 0.408. The van der Waals surface area contributed by atoms with Crippen LogP contribution in [-0.2, 0) is 4.74 Å². The van der Waals surface area contributed by atoms with Gasteiger partial charge in [-0.2, -0.15) is 0 Å². The molecule has 3 heteroatoms. The Kier molecular flexibility index (Phi) is 43.9. The maximum absolute atomic E-state index is 7.57. The minimum Gasteiger partial charge on any atom is -0.412 e. The summed E-state index contributed by atoms with van der Waals surface area (Å²) in [6.07, 6.45) is 0. The molecular weight excluding hydrogens is 120 g/mol. The standard InChI is InChI=1S/C4H10O.C2H6O.H2O/c1-3-5-4-2;1-2-3;/h3-4H2,1-2H3;3H,2H2,1H3;1H2. The highest BCUT2D eigenvalue weighted by Gasteiger charge is 1.64. The fraction of sp³-hybridized carbons (Fsp3) is 1.00. The highest BCUT2D eigenvalue weighted by atomic mass is 16.5. The number of rotatable bonds is 2. The molecule has 0 saturated heterocycles. The summed E-state index contributed by atoms with van der Waals surface area (Å²) in [5.74, 6) is 0. The average molecular weight is 138 g/mol. The summed E-state index contributed by atoms with van der Waals surface area (Å²) in [5, 5.41) is 7.57. The Labute approximate surface area is 57.0 Å². The summed E-state index contributed by atoms with van der Waals surface area (Å²) in [4.78, 5) is 0. The predicted molar refractivity (Wildman–Crippen MR) is 38.5 cm³/mol. The van der Waals surface area contributed by atoms with Gasteiger partial charge in [-0.05, 0) is 20.8 Å². The number of ether oxygens (including phenoxy) is 1. The molecule has 0 amide bonds. The summed E-state index contributed by atoms with van der Waals surface area (Å²) in [7, 11) is 0. The molecule has 0 atom stereocenters. The smallest absolute Gasteiger partial charge is 0.0437 e. The Bertz CT molecular complexity index is 22.3. The van der Waals surface area contributed by atoms with Gasteiger partial charge in [0.2, 0.25) is 0 Å². The van der Waals surface area contributed by atoms with E-state index in [1.54, 1.807) is 6.92 Å². The zero-order valence-electron chi connectivity index (χ0n) is 6.48. The molecule has 0 aromatic carbocycles. The van der Waals surface area contributed by atoms with E-state index in [2.05, 4.69) is 0 Å². The second-order valence-corrected chi connectivity index (χ2v) is 1.10. The van der Waals surface area contributed by atoms with E-state index in [4.69, 9.17) is 9.84 Å². The number of hydrogen-bond donors (Lipinski definition) is 1. The highest BCUT2D eigenvalue weighted by Crippen LogP contribution is 1.64. The van der Waals surface area contributed by atoms with Crippen LogP contribution in [0, 0.1) is 0 Å². The molecule has 0 fully saturated rings. The van der Waals surface area contributed by atoms with Crippen molar-refractivity contribution in [2.24, 2.45) is 0 Å². The molecule has 0 spiro atoms. The van der Waals surface area contributed by atoms with Crippen LogP contribution in [0.15, 0.2) is 0 Å². The van der Waals surface area contributed by atoms with Crippen LogP contribution in [0.4, 0.5) is 0 Å². The van der Waals surface area contributed by atoms with Gasteiger partial charge in [0, 0.05) is 19.8 Å². The fourth-order valence-corrected chi connectivity index (χ4v) is 0.204. The average Bonchev–Trinajstić information content (AvgIpc) is 1.71. The van der Waals surface area contributed by atoms with Crippen LogP contribution in [0.2, 0.25) is 0 Å². The second kappa shape index (κ2) is 24.8. The van der Waals surface area contributed by atoms with Crippen molar-refractivity contribution in [1.29, 1.82) is 0 Å². The monoisotopic (exact) mass is 138 g/mol. The Morgan fingerprint density at radius 1 is 1.11 bits per heavy atom. The molecule has 0 aliphatic carbocycles. The van der Waals surface area contributed by atoms with Gasteiger partial charge in [-0.3, -0.25) is 0 Å². The first-order valence-electron chi connectivity index (χ1n) is 3.01.